The predicted molar refractivity (Wildman–Crippen MR) is 98.7 cm³/mol. The Balaban J connectivity index is 1.91. The summed E-state index contributed by atoms with van der Waals surface area (Å²) in [5, 5.41) is 4.42. The van der Waals surface area contributed by atoms with Gasteiger partial charge in [-0.1, -0.05) is 51.0 Å². The van der Waals surface area contributed by atoms with E-state index >= 15 is 0 Å². The number of benzene rings is 1. The lowest BCUT2D eigenvalue weighted by molar-refractivity contribution is 0.0954. The lowest BCUT2D eigenvalue weighted by Gasteiger charge is -2.10. The summed E-state index contributed by atoms with van der Waals surface area (Å²) in [6.07, 6.45) is 13.6. The molecule has 0 unspecified atom stereocenters. The third-order valence-electron chi connectivity index (χ3n) is 4.58. The molecule has 1 aliphatic carbocycles. The van der Waals surface area contributed by atoms with Gasteiger partial charge in [-0.15, -0.1) is 0 Å². The second-order valence-electron chi connectivity index (χ2n) is 6.53. The quantitative estimate of drug-likeness (QED) is 0.785. The monoisotopic (exact) mass is 330 g/mol. The van der Waals surface area contributed by atoms with E-state index in [4.69, 9.17) is 4.74 Å². The third-order valence-corrected chi connectivity index (χ3v) is 4.58. The molecule has 1 aliphatic rings. The maximum Gasteiger partial charge on any atom is 0.271 e. The first-order valence-electron chi connectivity index (χ1n) is 9.29. The number of rotatable bonds is 3. The van der Waals surface area contributed by atoms with Crippen LogP contribution in [-0.2, 0) is 0 Å². The van der Waals surface area contributed by atoms with E-state index in [1.165, 1.54) is 57.8 Å². The normalized spacial score (nSPS) is 17.3. The Kier molecular flexibility index (Phi) is 8.36. The van der Waals surface area contributed by atoms with Gasteiger partial charge in [0.2, 0.25) is 0 Å². The van der Waals surface area contributed by atoms with Gasteiger partial charge >= 0.3 is 0 Å². The van der Waals surface area contributed by atoms with Gasteiger partial charge in [0.1, 0.15) is 5.75 Å². The van der Waals surface area contributed by atoms with E-state index in [0.717, 1.165) is 18.6 Å². The number of carbonyl (C=O) groups excluding carboxylic acids is 1. The smallest absolute Gasteiger partial charge is 0.271 e. The van der Waals surface area contributed by atoms with Crippen molar-refractivity contribution >= 4 is 11.6 Å². The molecule has 0 spiro atoms. The molecule has 0 radical (unpaired) electrons. The van der Waals surface area contributed by atoms with Crippen molar-refractivity contribution in [1.29, 1.82) is 0 Å². The third kappa shape index (κ3) is 6.73. The molecule has 132 valence electrons. The summed E-state index contributed by atoms with van der Waals surface area (Å²) in [7, 11) is 1.60. The Hall–Kier alpha value is -1.84. The number of hydrazone groups is 1. The zero-order valence-electron chi connectivity index (χ0n) is 14.9. The highest BCUT2D eigenvalue weighted by Crippen LogP contribution is 2.16. The molecule has 1 saturated carbocycles. The minimum atomic E-state index is -0.174. The van der Waals surface area contributed by atoms with Gasteiger partial charge in [0.15, 0.2) is 0 Å². The molecule has 4 nitrogen and oxygen atoms in total. The van der Waals surface area contributed by atoms with Crippen molar-refractivity contribution in [2.24, 2.45) is 5.10 Å². The van der Waals surface area contributed by atoms with Crippen LogP contribution in [0.25, 0.3) is 0 Å². The van der Waals surface area contributed by atoms with Crippen LogP contribution in [0.15, 0.2) is 29.4 Å². The van der Waals surface area contributed by atoms with Gasteiger partial charge in [0.05, 0.1) is 7.11 Å². The molecule has 0 saturated heterocycles. The Morgan fingerprint density at radius 2 is 1.54 bits per heavy atom. The van der Waals surface area contributed by atoms with Crippen molar-refractivity contribution in [2.45, 2.75) is 70.6 Å². The zero-order valence-corrected chi connectivity index (χ0v) is 14.9. The van der Waals surface area contributed by atoms with Crippen LogP contribution in [0.5, 0.6) is 5.75 Å². The highest BCUT2D eigenvalue weighted by Gasteiger charge is 2.07. The standard InChI is InChI=1S/C20H30N2O2/c1-24-19-15-11-12-17(16-19)20(23)22-21-18-13-9-7-5-3-2-4-6-8-10-14-18/h11-12,15-16H,2-10,13-14H2,1H3,(H,22,23). The number of hydrogen-bond donors (Lipinski definition) is 1. The Morgan fingerprint density at radius 3 is 2.12 bits per heavy atom. The molecule has 1 aromatic carbocycles. The van der Waals surface area contributed by atoms with E-state index in [2.05, 4.69) is 10.5 Å². The summed E-state index contributed by atoms with van der Waals surface area (Å²) >= 11 is 0. The minimum Gasteiger partial charge on any atom is -0.497 e. The van der Waals surface area contributed by atoms with Crippen molar-refractivity contribution in [3.05, 3.63) is 29.8 Å². The van der Waals surface area contributed by atoms with Gasteiger partial charge in [0, 0.05) is 11.3 Å². The molecule has 4 heteroatoms. The van der Waals surface area contributed by atoms with Crippen LogP contribution in [0.2, 0.25) is 0 Å². The van der Waals surface area contributed by atoms with Crippen LogP contribution < -0.4 is 10.2 Å². The van der Waals surface area contributed by atoms with Gasteiger partial charge in [0.25, 0.3) is 5.91 Å². The largest absolute Gasteiger partial charge is 0.497 e. The van der Waals surface area contributed by atoms with Crippen molar-refractivity contribution in [1.82, 2.24) is 5.43 Å². The predicted octanol–water partition coefficient (Wildman–Crippen LogP) is 5.09. The summed E-state index contributed by atoms with van der Waals surface area (Å²) < 4.78 is 5.16. The molecule has 0 bridgehead atoms. The number of carbonyl (C=O) groups is 1. The van der Waals surface area contributed by atoms with Gasteiger partial charge in [-0.2, -0.15) is 5.10 Å². The average molecular weight is 330 g/mol. The van der Waals surface area contributed by atoms with Crippen LogP contribution in [0.1, 0.15) is 81.0 Å². The Bertz CT molecular complexity index is 526. The summed E-state index contributed by atoms with van der Waals surface area (Å²) in [4.78, 5) is 12.3. The van der Waals surface area contributed by atoms with Crippen LogP contribution >= 0.6 is 0 Å². The zero-order chi connectivity index (χ0) is 17.0. The van der Waals surface area contributed by atoms with E-state index in [0.29, 0.717) is 11.3 Å². The summed E-state index contributed by atoms with van der Waals surface area (Å²) in [6.45, 7) is 0. The molecular formula is C20H30N2O2. The maximum absolute atomic E-state index is 12.3. The van der Waals surface area contributed by atoms with Gasteiger partial charge in [-0.25, -0.2) is 5.43 Å². The number of hydrogen-bond acceptors (Lipinski definition) is 3. The number of nitrogens with zero attached hydrogens (tertiary/aromatic N) is 1. The van der Waals surface area contributed by atoms with Crippen LogP contribution in [0.3, 0.4) is 0 Å². The van der Waals surface area contributed by atoms with Crippen molar-refractivity contribution in [2.75, 3.05) is 7.11 Å². The highest BCUT2D eigenvalue weighted by atomic mass is 16.5. The van der Waals surface area contributed by atoms with E-state index < -0.39 is 0 Å². The topological polar surface area (TPSA) is 50.7 Å². The van der Waals surface area contributed by atoms with Gasteiger partial charge < -0.3 is 4.74 Å². The van der Waals surface area contributed by atoms with Gasteiger partial charge in [-0.05, 0) is 43.9 Å². The Labute approximate surface area is 145 Å². The highest BCUT2D eigenvalue weighted by molar-refractivity contribution is 5.95. The summed E-state index contributed by atoms with van der Waals surface area (Å²) in [5.41, 5.74) is 4.43. The minimum absolute atomic E-state index is 0.174. The maximum atomic E-state index is 12.3. The van der Waals surface area contributed by atoms with Crippen molar-refractivity contribution in [3.8, 4) is 5.75 Å². The van der Waals surface area contributed by atoms with Crippen LogP contribution in [-0.4, -0.2) is 18.7 Å². The first-order valence-corrected chi connectivity index (χ1v) is 9.29. The summed E-state index contributed by atoms with van der Waals surface area (Å²) in [6, 6.07) is 7.15. The summed E-state index contributed by atoms with van der Waals surface area (Å²) in [5.74, 6) is 0.508. The molecule has 2 rings (SSSR count). The molecule has 0 heterocycles. The second kappa shape index (κ2) is 10.8. The lowest BCUT2D eigenvalue weighted by atomic mass is 10.00. The molecule has 0 atom stereocenters. The molecule has 0 aromatic heterocycles. The van der Waals surface area contributed by atoms with Gasteiger partial charge in [-0.3, -0.25) is 4.79 Å². The molecule has 1 aromatic rings. The molecule has 1 N–H and O–H groups in total. The first kappa shape index (κ1) is 18.5. The SMILES string of the molecule is COc1cccc(C(=O)NN=C2CCCCCCCCCCC2)c1. The molecule has 0 aliphatic heterocycles. The molecule has 24 heavy (non-hydrogen) atoms. The van der Waals surface area contributed by atoms with Crippen molar-refractivity contribution in [3.63, 3.8) is 0 Å². The number of amides is 1. The number of ether oxygens (including phenoxy) is 1. The van der Waals surface area contributed by atoms with E-state index in [1.807, 2.05) is 12.1 Å². The number of nitrogens with one attached hydrogen (secondary N) is 1. The fraction of sp³-hybridized carbons (Fsp3) is 0.600. The van der Waals surface area contributed by atoms with Crippen LogP contribution in [0, 0.1) is 0 Å². The van der Waals surface area contributed by atoms with E-state index in [1.54, 1.807) is 19.2 Å². The molecule has 1 fully saturated rings. The van der Waals surface area contributed by atoms with Crippen molar-refractivity contribution < 1.29 is 9.53 Å². The fourth-order valence-electron chi connectivity index (χ4n) is 3.09. The van der Waals surface area contributed by atoms with E-state index in [9.17, 15) is 4.79 Å². The first-order chi connectivity index (χ1) is 11.8. The lowest BCUT2D eigenvalue weighted by Crippen LogP contribution is -2.20. The Morgan fingerprint density at radius 1 is 0.958 bits per heavy atom. The second-order valence-corrected chi connectivity index (χ2v) is 6.53. The molecular weight excluding hydrogens is 300 g/mol. The van der Waals surface area contributed by atoms with Crippen LogP contribution in [0.4, 0.5) is 0 Å². The fourth-order valence-corrected chi connectivity index (χ4v) is 3.09. The molecule has 1 amide bonds. The average Bonchev–Trinajstić information content (AvgIpc) is 2.61. The number of methoxy groups -OCH3 is 1. The van der Waals surface area contributed by atoms with E-state index in [-0.39, 0.29) is 5.91 Å².